The zero-order valence-electron chi connectivity index (χ0n) is 19.1. The van der Waals surface area contributed by atoms with Crippen LogP contribution in [0.15, 0.2) is 71.6 Å². The maximum Gasteiger partial charge on any atom is 0.230 e. The molecule has 0 aliphatic carbocycles. The van der Waals surface area contributed by atoms with E-state index in [2.05, 4.69) is 4.98 Å². The van der Waals surface area contributed by atoms with Crippen molar-refractivity contribution in [1.82, 2.24) is 4.98 Å². The lowest BCUT2D eigenvalue weighted by Gasteiger charge is -2.20. The molecule has 0 saturated carbocycles. The Labute approximate surface area is 212 Å². The van der Waals surface area contributed by atoms with E-state index < -0.39 is 9.84 Å². The largest absolute Gasteiger partial charge is 0.497 e. The molecule has 1 heterocycles. The molecular weight excluding hydrogens is 508 g/mol. The minimum absolute atomic E-state index is 0.136. The topological polar surface area (TPSA) is 85.8 Å². The molecule has 4 aromatic rings. The molecule has 0 unspecified atom stereocenters. The van der Waals surface area contributed by atoms with Gasteiger partial charge in [-0.15, -0.1) is 0 Å². The number of sulfone groups is 1. The highest BCUT2D eigenvalue weighted by atomic mass is 35.5. The summed E-state index contributed by atoms with van der Waals surface area (Å²) in [6, 6.07) is 19.0. The Hall–Kier alpha value is -3.14. The quantitative estimate of drug-likeness (QED) is 0.289. The van der Waals surface area contributed by atoms with Gasteiger partial charge >= 0.3 is 0 Å². The van der Waals surface area contributed by atoms with Crippen LogP contribution in [0.2, 0.25) is 5.02 Å². The standard InChI is InChI=1S/C25H23ClN2O5S2/c1-32-18-8-10-19(11-9-18)35(30,31)15-14-22(29)28(16-17-6-4-3-5-7-17)25-27-23-21(33-2)13-12-20(26)24(23)34-25/h3-13H,14-16H2,1-2H3. The number of nitrogens with zero attached hydrogens (tertiary/aromatic N) is 2. The Morgan fingerprint density at radius 2 is 1.71 bits per heavy atom. The summed E-state index contributed by atoms with van der Waals surface area (Å²) in [6.07, 6.45) is -0.206. The van der Waals surface area contributed by atoms with Gasteiger partial charge in [0.1, 0.15) is 17.0 Å². The molecule has 182 valence electrons. The Bertz CT molecular complexity index is 1440. The van der Waals surface area contributed by atoms with Gasteiger partial charge < -0.3 is 9.47 Å². The predicted octanol–water partition coefficient (Wildman–Crippen LogP) is 5.36. The van der Waals surface area contributed by atoms with Crippen molar-refractivity contribution < 1.29 is 22.7 Å². The molecule has 0 spiro atoms. The van der Waals surface area contributed by atoms with Crippen molar-refractivity contribution in [1.29, 1.82) is 0 Å². The molecule has 0 atom stereocenters. The number of aromatic nitrogens is 1. The normalized spacial score (nSPS) is 11.4. The molecule has 3 aromatic carbocycles. The number of hydrogen-bond donors (Lipinski definition) is 0. The minimum atomic E-state index is -3.67. The van der Waals surface area contributed by atoms with Crippen LogP contribution in [0.3, 0.4) is 0 Å². The lowest BCUT2D eigenvalue weighted by Crippen LogP contribution is -2.31. The van der Waals surface area contributed by atoms with E-state index in [1.807, 2.05) is 30.3 Å². The summed E-state index contributed by atoms with van der Waals surface area (Å²) in [6.45, 7) is 0.238. The Morgan fingerprint density at radius 3 is 2.37 bits per heavy atom. The van der Waals surface area contributed by atoms with Crippen molar-refractivity contribution in [2.24, 2.45) is 0 Å². The number of halogens is 1. The molecule has 0 radical (unpaired) electrons. The first-order valence-electron chi connectivity index (χ1n) is 10.7. The lowest BCUT2D eigenvalue weighted by atomic mass is 10.2. The molecule has 0 saturated heterocycles. The first-order valence-corrected chi connectivity index (χ1v) is 13.5. The number of rotatable bonds is 9. The number of methoxy groups -OCH3 is 2. The molecule has 1 aromatic heterocycles. The van der Waals surface area contributed by atoms with Crippen molar-refractivity contribution in [2.45, 2.75) is 17.9 Å². The summed E-state index contributed by atoms with van der Waals surface area (Å²) >= 11 is 7.64. The van der Waals surface area contributed by atoms with Crippen LogP contribution in [-0.2, 0) is 21.2 Å². The van der Waals surface area contributed by atoms with Crippen molar-refractivity contribution in [3.05, 3.63) is 77.3 Å². The van der Waals surface area contributed by atoms with Gasteiger partial charge in [0.2, 0.25) is 5.91 Å². The van der Waals surface area contributed by atoms with Crippen LogP contribution >= 0.6 is 22.9 Å². The maximum absolute atomic E-state index is 13.4. The number of carbonyl (C=O) groups excluding carboxylic acids is 1. The lowest BCUT2D eigenvalue weighted by molar-refractivity contribution is -0.118. The second-order valence-electron chi connectivity index (χ2n) is 7.63. The summed E-state index contributed by atoms with van der Waals surface area (Å²) in [7, 11) is -0.624. The molecule has 0 bridgehead atoms. The third-order valence-electron chi connectivity index (χ3n) is 5.39. The van der Waals surface area contributed by atoms with E-state index in [9.17, 15) is 13.2 Å². The van der Waals surface area contributed by atoms with E-state index >= 15 is 0 Å². The van der Waals surface area contributed by atoms with Crippen LogP contribution in [-0.4, -0.2) is 39.3 Å². The van der Waals surface area contributed by atoms with Gasteiger partial charge in [-0.3, -0.25) is 9.69 Å². The zero-order valence-corrected chi connectivity index (χ0v) is 21.5. The van der Waals surface area contributed by atoms with Gasteiger partial charge in [-0.2, -0.15) is 0 Å². The molecule has 0 aliphatic rings. The van der Waals surface area contributed by atoms with Crippen LogP contribution in [0.5, 0.6) is 11.5 Å². The third kappa shape index (κ3) is 5.58. The summed E-state index contributed by atoms with van der Waals surface area (Å²) in [5, 5.41) is 0.917. The highest BCUT2D eigenvalue weighted by Crippen LogP contribution is 2.39. The van der Waals surface area contributed by atoms with Gasteiger partial charge in [-0.25, -0.2) is 13.4 Å². The van der Waals surface area contributed by atoms with Gasteiger partial charge in [0.05, 0.1) is 41.1 Å². The van der Waals surface area contributed by atoms with E-state index in [0.29, 0.717) is 31.9 Å². The van der Waals surface area contributed by atoms with E-state index in [1.165, 1.54) is 35.5 Å². The molecule has 10 heteroatoms. The average molecular weight is 531 g/mol. The fourth-order valence-electron chi connectivity index (χ4n) is 3.51. The first kappa shape index (κ1) is 25.0. The van der Waals surface area contributed by atoms with Crippen molar-refractivity contribution >= 4 is 54.0 Å². The number of carbonyl (C=O) groups is 1. The van der Waals surface area contributed by atoms with E-state index in [0.717, 1.165) is 5.56 Å². The van der Waals surface area contributed by atoms with Crippen LogP contribution in [0.4, 0.5) is 5.13 Å². The first-order chi connectivity index (χ1) is 16.8. The summed E-state index contributed by atoms with van der Waals surface area (Å²) in [4.78, 5) is 19.7. The fourth-order valence-corrected chi connectivity index (χ4v) is 6.01. The van der Waals surface area contributed by atoms with Crippen molar-refractivity contribution in [3.63, 3.8) is 0 Å². The Balaban J connectivity index is 1.63. The summed E-state index contributed by atoms with van der Waals surface area (Å²) < 4.78 is 36.9. The van der Waals surface area contributed by atoms with Gasteiger partial charge in [-0.1, -0.05) is 53.3 Å². The highest BCUT2D eigenvalue weighted by molar-refractivity contribution is 7.91. The van der Waals surface area contributed by atoms with Crippen molar-refractivity contribution in [2.75, 3.05) is 24.9 Å². The van der Waals surface area contributed by atoms with E-state index in [-0.39, 0.29) is 29.5 Å². The van der Waals surface area contributed by atoms with Crippen LogP contribution in [0.1, 0.15) is 12.0 Å². The summed E-state index contributed by atoms with van der Waals surface area (Å²) in [5.41, 5.74) is 1.44. The van der Waals surface area contributed by atoms with Gasteiger partial charge in [0, 0.05) is 6.42 Å². The van der Waals surface area contributed by atoms with Gasteiger partial charge in [0.15, 0.2) is 15.0 Å². The number of thiazole rings is 1. The summed E-state index contributed by atoms with van der Waals surface area (Å²) in [5.74, 6) is 0.401. The van der Waals surface area contributed by atoms with Crippen LogP contribution in [0.25, 0.3) is 10.2 Å². The van der Waals surface area contributed by atoms with Crippen LogP contribution < -0.4 is 14.4 Å². The Morgan fingerprint density at radius 1 is 1.00 bits per heavy atom. The number of hydrogen-bond acceptors (Lipinski definition) is 7. The predicted molar refractivity (Wildman–Crippen MR) is 138 cm³/mol. The van der Waals surface area contributed by atoms with E-state index in [1.54, 1.807) is 31.4 Å². The number of benzene rings is 3. The minimum Gasteiger partial charge on any atom is -0.497 e. The fraction of sp³-hybridized carbons (Fsp3) is 0.200. The SMILES string of the molecule is COc1ccc(S(=O)(=O)CCC(=O)N(Cc2ccccc2)c2nc3c(OC)ccc(Cl)c3s2)cc1. The second-order valence-corrected chi connectivity index (χ2v) is 11.1. The molecular formula is C25H23ClN2O5S2. The Kier molecular flexibility index (Phi) is 7.59. The molecule has 4 rings (SSSR count). The molecule has 0 fully saturated rings. The smallest absolute Gasteiger partial charge is 0.230 e. The number of anilines is 1. The van der Waals surface area contributed by atoms with Gasteiger partial charge in [0.25, 0.3) is 0 Å². The number of ether oxygens (including phenoxy) is 2. The maximum atomic E-state index is 13.4. The zero-order chi connectivity index (χ0) is 25.0. The number of amides is 1. The second kappa shape index (κ2) is 10.6. The molecule has 0 N–H and O–H groups in total. The third-order valence-corrected chi connectivity index (χ3v) is 8.66. The molecule has 1 amide bonds. The van der Waals surface area contributed by atoms with Gasteiger partial charge in [-0.05, 0) is 42.0 Å². The number of fused-ring (bicyclic) bond motifs is 1. The monoisotopic (exact) mass is 530 g/mol. The van der Waals surface area contributed by atoms with Crippen molar-refractivity contribution in [3.8, 4) is 11.5 Å². The molecule has 35 heavy (non-hydrogen) atoms. The average Bonchev–Trinajstić information content (AvgIpc) is 3.33. The highest BCUT2D eigenvalue weighted by Gasteiger charge is 2.25. The molecule has 7 nitrogen and oxygen atoms in total. The van der Waals surface area contributed by atoms with Crippen LogP contribution in [0, 0.1) is 0 Å². The molecule has 0 aliphatic heterocycles. The van der Waals surface area contributed by atoms with E-state index in [4.69, 9.17) is 21.1 Å².